The van der Waals surface area contributed by atoms with Gasteiger partial charge in [-0.3, -0.25) is 4.79 Å². The number of rotatable bonds is 11. The molecule has 0 atom stereocenters. The van der Waals surface area contributed by atoms with Crippen molar-refractivity contribution in [2.45, 2.75) is 27.3 Å². The van der Waals surface area contributed by atoms with Crippen molar-refractivity contribution in [1.29, 1.82) is 0 Å². The van der Waals surface area contributed by atoms with Crippen LogP contribution < -0.4 is 20.3 Å². The van der Waals surface area contributed by atoms with E-state index in [2.05, 4.69) is 29.0 Å². The molecule has 1 aromatic heterocycles. The highest BCUT2D eigenvalue weighted by Crippen LogP contribution is 2.20. The number of aromatic amines is 1. The summed E-state index contributed by atoms with van der Waals surface area (Å²) in [5, 5.41) is 3.80. The number of benzene rings is 2. The van der Waals surface area contributed by atoms with Gasteiger partial charge in [-0.25, -0.2) is 4.79 Å². The van der Waals surface area contributed by atoms with Gasteiger partial charge in [0, 0.05) is 35.2 Å². The number of amides is 2. The second-order valence-electron chi connectivity index (χ2n) is 7.91. The Morgan fingerprint density at radius 1 is 0.971 bits per heavy atom. The van der Waals surface area contributed by atoms with Crippen LogP contribution in [0.4, 0.5) is 10.5 Å². The van der Waals surface area contributed by atoms with Gasteiger partial charge in [-0.05, 0) is 68.5 Å². The number of carbonyl (C=O) groups is 1. The Kier molecular flexibility index (Phi) is 8.93. The Bertz CT molecular complexity index is 1140. The molecular weight excluding hydrogens is 432 g/mol. The number of urea groups is 1. The van der Waals surface area contributed by atoms with E-state index in [0.717, 1.165) is 29.7 Å². The SMILES string of the molecule is CCOc1ccc2[nH]c(=O)c(CN(CCN(CC)CC)C(=O)Nc3ccc(OC)cc3)cc2c1. The number of methoxy groups -OCH3 is 1. The minimum absolute atomic E-state index is 0.188. The van der Waals surface area contributed by atoms with Crippen LogP contribution in [0.2, 0.25) is 0 Å². The average molecular weight is 467 g/mol. The van der Waals surface area contributed by atoms with E-state index in [1.54, 1.807) is 36.3 Å². The van der Waals surface area contributed by atoms with E-state index in [1.165, 1.54) is 0 Å². The lowest BCUT2D eigenvalue weighted by Gasteiger charge is -2.26. The normalized spacial score (nSPS) is 11.0. The summed E-state index contributed by atoms with van der Waals surface area (Å²) in [6.45, 7) is 9.84. The maximum absolute atomic E-state index is 13.2. The third-order valence-corrected chi connectivity index (χ3v) is 5.77. The van der Waals surface area contributed by atoms with Gasteiger partial charge in [0.2, 0.25) is 0 Å². The first-order valence-corrected chi connectivity index (χ1v) is 11.7. The molecule has 1 heterocycles. The summed E-state index contributed by atoms with van der Waals surface area (Å²) < 4.78 is 10.8. The van der Waals surface area contributed by atoms with Gasteiger partial charge in [0.05, 0.1) is 20.3 Å². The van der Waals surface area contributed by atoms with Crippen molar-refractivity contribution in [2.75, 3.05) is 45.2 Å². The number of likely N-dealkylation sites (N-methyl/N-ethyl adjacent to an activating group) is 1. The molecule has 34 heavy (non-hydrogen) atoms. The molecule has 0 unspecified atom stereocenters. The summed E-state index contributed by atoms with van der Waals surface area (Å²) in [4.78, 5) is 32.9. The second-order valence-corrected chi connectivity index (χ2v) is 7.91. The zero-order valence-electron chi connectivity index (χ0n) is 20.4. The first-order chi connectivity index (χ1) is 16.5. The molecule has 0 spiro atoms. The van der Waals surface area contributed by atoms with E-state index < -0.39 is 0 Å². The average Bonchev–Trinajstić information content (AvgIpc) is 2.85. The van der Waals surface area contributed by atoms with E-state index in [0.29, 0.717) is 36.7 Å². The second kappa shape index (κ2) is 12.1. The summed E-state index contributed by atoms with van der Waals surface area (Å²) in [5.41, 5.74) is 1.70. The number of hydrogen-bond donors (Lipinski definition) is 2. The number of anilines is 1. The van der Waals surface area contributed by atoms with E-state index in [4.69, 9.17) is 9.47 Å². The van der Waals surface area contributed by atoms with Crippen LogP contribution in [0.25, 0.3) is 10.9 Å². The van der Waals surface area contributed by atoms with Crippen LogP contribution in [-0.4, -0.2) is 60.7 Å². The Hall–Kier alpha value is -3.52. The van der Waals surface area contributed by atoms with E-state index in [1.807, 2.05) is 31.2 Å². The number of carbonyl (C=O) groups excluding carboxylic acids is 1. The summed E-state index contributed by atoms with van der Waals surface area (Å²) in [7, 11) is 1.60. The molecule has 0 bridgehead atoms. The summed E-state index contributed by atoms with van der Waals surface area (Å²) >= 11 is 0. The van der Waals surface area contributed by atoms with Gasteiger partial charge in [0.1, 0.15) is 11.5 Å². The lowest BCUT2D eigenvalue weighted by atomic mass is 10.1. The van der Waals surface area contributed by atoms with Crippen molar-refractivity contribution in [3.63, 3.8) is 0 Å². The molecule has 0 aliphatic rings. The minimum atomic E-state index is -0.264. The largest absolute Gasteiger partial charge is 0.497 e. The molecule has 3 aromatic rings. The fourth-order valence-corrected chi connectivity index (χ4v) is 3.74. The van der Waals surface area contributed by atoms with Crippen molar-refractivity contribution in [3.05, 3.63) is 64.4 Å². The smallest absolute Gasteiger partial charge is 0.322 e. The predicted molar refractivity (Wildman–Crippen MR) is 136 cm³/mol. The monoisotopic (exact) mass is 466 g/mol. The van der Waals surface area contributed by atoms with Gasteiger partial charge in [-0.15, -0.1) is 0 Å². The molecule has 2 aromatic carbocycles. The van der Waals surface area contributed by atoms with Crippen molar-refractivity contribution in [1.82, 2.24) is 14.8 Å². The Morgan fingerprint density at radius 3 is 2.32 bits per heavy atom. The molecule has 2 amide bonds. The number of fused-ring (bicyclic) bond motifs is 1. The summed E-state index contributed by atoms with van der Waals surface area (Å²) in [5.74, 6) is 1.45. The minimum Gasteiger partial charge on any atom is -0.497 e. The van der Waals surface area contributed by atoms with E-state index >= 15 is 0 Å². The number of aromatic nitrogens is 1. The lowest BCUT2D eigenvalue weighted by molar-refractivity contribution is 0.194. The Balaban J connectivity index is 1.85. The van der Waals surface area contributed by atoms with Crippen molar-refractivity contribution >= 4 is 22.6 Å². The highest BCUT2D eigenvalue weighted by atomic mass is 16.5. The first kappa shape index (κ1) is 25.1. The van der Waals surface area contributed by atoms with Gasteiger partial charge >= 0.3 is 6.03 Å². The van der Waals surface area contributed by atoms with Crippen LogP contribution in [0.5, 0.6) is 11.5 Å². The molecule has 0 aliphatic carbocycles. The predicted octanol–water partition coefficient (Wildman–Crippen LogP) is 4.31. The van der Waals surface area contributed by atoms with E-state index in [9.17, 15) is 9.59 Å². The molecule has 8 heteroatoms. The topological polar surface area (TPSA) is 86.9 Å². The summed E-state index contributed by atoms with van der Waals surface area (Å²) in [6.07, 6.45) is 0. The van der Waals surface area contributed by atoms with Crippen LogP contribution in [0.1, 0.15) is 26.3 Å². The number of hydrogen-bond acceptors (Lipinski definition) is 5. The molecule has 0 fully saturated rings. The van der Waals surface area contributed by atoms with Crippen LogP contribution in [0, 0.1) is 0 Å². The third kappa shape index (κ3) is 6.51. The molecule has 182 valence electrons. The molecule has 0 aliphatic heterocycles. The van der Waals surface area contributed by atoms with Crippen LogP contribution in [0.3, 0.4) is 0 Å². The number of H-pyrrole nitrogens is 1. The van der Waals surface area contributed by atoms with Crippen LogP contribution >= 0.6 is 0 Å². The molecule has 8 nitrogen and oxygen atoms in total. The van der Waals surface area contributed by atoms with Crippen molar-refractivity contribution < 1.29 is 14.3 Å². The maximum atomic E-state index is 13.2. The fraction of sp³-hybridized carbons (Fsp3) is 0.385. The maximum Gasteiger partial charge on any atom is 0.322 e. The fourth-order valence-electron chi connectivity index (χ4n) is 3.74. The van der Waals surface area contributed by atoms with Crippen LogP contribution in [-0.2, 0) is 6.54 Å². The summed E-state index contributed by atoms with van der Waals surface area (Å²) in [6, 6.07) is 14.3. The van der Waals surface area contributed by atoms with Crippen LogP contribution in [0.15, 0.2) is 53.3 Å². The molecule has 2 N–H and O–H groups in total. The Morgan fingerprint density at radius 2 is 1.68 bits per heavy atom. The molecule has 0 saturated carbocycles. The lowest BCUT2D eigenvalue weighted by Crippen LogP contribution is -2.41. The highest BCUT2D eigenvalue weighted by molar-refractivity contribution is 5.89. The molecule has 0 radical (unpaired) electrons. The number of ether oxygens (including phenoxy) is 2. The van der Waals surface area contributed by atoms with Crippen molar-refractivity contribution in [2.24, 2.45) is 0 Å². The molecule has 0 saturated heterocycles. The highest BCUT2D eigenvalue weighted by Gasteiger charge is 2.18. The van der Waals surface area contributed by atoms with Gasteiger partial charge in [-0.2, -0.15) is 0 Å². The van der Waals surface area contributed by atoms with E-state index in [-0.39, 0.29) is 18.1 Å². The quantitative estimate of drug-likeness (QED) is 0.440. The Labute approximate surface area is 200 Å². The number of nitrogens with zero attached hydrogens (tertiary/aromatic N) is 2. The van der Waals surface area contributed by atoms with Gasteiger partial charge in [0.15, 0.2) is 0 Å². The van der Waals surface area contributed by atoms with Gasteiger partial charge in [0.25, 0.3) is 5.56 Å². The number of nitrogens with one attached hydrogen (secondary N) is 2. The first-order valence-electron chi connectivity index (χ1n) is 11.7. The number of pyridine rings is 1. The molecule has 3 rings (SSSR count). The van der Waals surface area contributed by atoms with Gasteiger partial charge < -0.3 is 29.6 Å². The van der Waals surface area contributed by atoms with Gasteiger partial charge in [-0.1, -0.05) is 13.8 Å². The third-order valence-electron chi connectivity index (χ3n) is 5.77. The zero-order chi connectivity index (χ0) is 24.5. The standard InChI is InChI=1S/C26H34N4O4/c1-5-29(6-2)14-15-30(26(32)27-21-8-10-22(33-4)11-9-21)18-20-16-19-17-23(34-7-3)12-13-24(19)28-25(20)31/h8-13,16-17H,5-7,14-15,18H2,1-4H3,(H,27,32)(H,28,31). The van der Waals surface area contributed by atoms with Crippen molar-refractivity contribution in [3.8, 4) is 11.5 Å². The zero-order valence-corrected chi connectivity index (χ0v) is 20.4. The molecular formula is C26H34N4O4.